The van der Waals surface area contributed by atoms with Gasteiger partial charge >= 0.3 is 0 Å². The van der Waals surface area contributed by atoms with Gasteiger partial charge in [0.05, 0.1) is 5.75 Å². The second-order valence-corrected chi connectivity index (χ2v) is 9.12. The van der Waals surface area contributed by atoms with Crippen molar-refractivity contribution < 1.29 is 13.2 Å². The maximum absolute atomic E-state index is 12.2. The lowest BCUT2D eigenvalue weighted by atomic mass is 10.1. The van der Waals surface area contributed by atoms with Crippen LogP contribution in [-0.2, 0) is 14.8 Å². The molecule has 0 unspecified atom stereocenters. The van der Waals surface area contributed by atoms with Crippen molar-refractivity contribution in [2.24, 2.45) is 0 Å². The predicted molar refractivity (Wildman–Crippen MR) is 100 cm³/mol. The van der Waals surface area contributed by atoms with E-state index in [1.165, 1.54) is 30.1 Å². The maximum atomic E-state index is 12.2. The van der Waals surface area contributed by atoms with E-state index < -0.39 is 15.6 Å². The van der Waals surface area contributed by atoms with Gasteiger partial charge in [0.15, 0.2) is 0 Å². The molecule has 134 valence electrons. The number of thioether (sulfide) groups is 1. The molecule has 1 aromatic carbocycles. The van der Waals surface area contributed by atoms with Crippen LogP contribution in [0.1, 0.15) is 20.8 Å². The minimum Gasteiger partial charge on any atom is -0.310 e. The molecule has 0 aliphatic heterocycles. The Morgan fingerprint density at radius 2 is 1.80 bits per heavy atom. The molecule has 8 heteroatoms. The molecule has 0 saturated heterocycles. The quantitative estimate of drug-likeness (QED) is 0.754. The van der Waals surface area contributed by atoms with Crippen LogP contribution in [0.3, 0.4) is 0 Å². The van der Waals surface area contributed by atoms with Gasteiger partial charge in [0.2, 0.25) is 15.9 Å². The Hall–Kier alpha value is -1.90. The van der Waals surface area contributed by atoms with Crippen molar-refractivity contribution in [1.82, 2.24) is 9.71 Å². The van der Waals surface area contributed by atoms with Gasteiger partial charge in [-0.05, 0) is 45.0 Å². The number of anilines is 1. The Labute approximate surface area is 152 Å². The van der Waals surface area contributed by atoms with E-state index in [1.807, 2.05) is 30.3 Å². The standard InChI is InChI=1S/C17H21N3O3S2/c1-17(2,3)20-25(22,23)14-9-10-15(18-11-14)19-16(21)12-24-13-7-5-4-6-8-13/h4-11,20H,12H2,1-3H3,(H,18,19,21). The van der Waals surface area contributed by atoms with E-state index in [2.05, 4.69) is 15.0 Å². The van der Waals surface area contributed by atoms with Crippen LogP contribution in [0.5, 0.6) is 0 Å². The first kappa shape index (κ1) is 19.4. The first-order valence-corrected chi connectivity index (χ1v) is 10.1. The first-order valence-electron chi connectivity index (χ1n) is 7.63. The minimum atomic E-state index is -3.64. The lowest BCUT2D eigenvalue weighted by molar-refractivity contribution is -0.113. The van der Waals surface area contributed by atoms with Crippen molar-refractivity contribution >= 4 is 33.5 Å². The number of sulfonamides is 1. The normalized spacial score (nSPS) is 12.0. The van der Waals surface area contributed by atoms with E-state index in [4.69, 9.17) is 0 Å². The van der Waals surface area contributed by atoms with Crippen LogP contribution in [0.25, 0.3) is 0 Å². The van der Waals surface area contributed by atoms with Crippen molar-refractivity contribution in [3.05, 3.63) is 48.7 Å². The third-order valence-corrected chi connectivity index (χ3v) is 5.62. The fraction of sp³-hybridized carbons (Fsp3) is 0.294. The Kier molecular flexibility index (Phi) is 6.21. The second-order valence-electron chi connectivity index (χ2n) is 6.38. The Bertz CT molecular complexity index is 814. The summed E-state index contributed by atoms with van der Waals surface area (Å²) in [5.41, 5.74) is -0.583. The van der Waals surface area contributed by atoms with Crippen LogP contribution in [0, 0.1) is 0 Å². The number of carbonyl (C=O) groups is 1. The number of nitrogens with one attached hydrogen (secondary N) is 2. The molecule has 2 rings (SSSR count). The highest BCUT2D eigenvalue weighted by Gasteiger charge is 2.22. The van der Waals surface area contributed by atoms with Gasteiger partial charge < -0.3 is 5.32 Å². The fourth-order valence-corrected chi connectivity index (χ4v) is 4.00. The lowest BCUT2D eigenvalue weighted by Crippen LogP contribution is -2.40. The predicted octanol–water partition coefficient (Wildman–Crippen LogP) is 2.89. The Morgan fingerprint density at radius 1 is 1.12 bits per heavy atom. The molecule has 0 saturated carbocycles. The summed E-state index contributed by atoms with van der Waals surface area (Å²) in [6, 6.07) is 12.5. The monoisotopic (exact) mass is 379 g/mol. The van der Waals surface area contributed by atoms with E-state index in [1.54, 1.807) is 20.8 Å². The van der Waals surface area contributed by atoms with Crippen LogP contribution in [0.15, 0.2) is 58.5 Å². The number of nitrogens with zero attached hydrogens (tertiary/aromatic N) is 1. The topological polar surface area (TPSA) is 88.2 Å². The molecular weight excluding hydrogens is 358 g/mol. The Balaban J connectivity index is 1.95. The minimum absolute atomic E-state index is 0.0547. The lowest BCUT2D eigenvalue weighted by Gasteiger charge is -2.20. The van der Waals surface area contributed by atoms with Gasteiger partial charge in [0.1, 0.15) is 10.7 Å². The molecule has 0 radical (unpaired) electrons. The summed E-state index contributed by atoms with van der Waals surface area (Å²) < 4.78 is 26.9. The molecule has 0 spiro atoms. The van der Waals surface area contributed by atoms with Gasteiger partial charge in [-0.15, -0.1) is 11.8 Å². The van der Waals surface area contributed by atoms with Gasteiger partial charge in [-0.2, -0.15) is 0 Å². The number of aromatic nitrogens is 1. The molecule has 1 aromatic heterocycles. The van der Waals surface area contributed by atoms with Crippen molar-refractivity contribution in [1.29, 1.82) is 0 Å². The van der Waals surface area contributed by atoms with Crippen molar-refractivity contribution in [2.45, 2.75) is 36.1 Å². The van der Waals surface area contributed by atoms with Crippen molar-refractivity contribution in [3.8, 4) is 0 Å². The number of hydrogen-bond donors (Lipinski definition) is 2. The number of hydrogen-bond acceptors (Lipinski definition) is 5. The molecule has 2 N–H and O–H groups in total. The van der Waals surface area contributed by atoms with E-state index in [9.17, 15) is 13.2 Å². The molecule has 0 aliphatic rings. The fourth-order valence-electron chi connectivity index (χ4n) is 1.92. The number of rotatable bonds is 6. The van der Waals surface area contributed by atoms with Crippen LogP contribution >= 0.6 is 11.8 Å². The van der Waals surface area contributed by atoms with E-state index in [0.717, 1.165) is 4.90 Å². The van der Waals surface area contributed by atoms with E-state index in [-0.39, 0.29) is 16.6 Å². The van der Waals surface area contributed by atoms with Gasteiger partial charge in [-0.3, -0.25) is 4.79 Å². The molecule has 1 amide bonds. The first-order chi connectivity index (χ1) is 11.7. The summed E-state index contributed by atoms with van der Waals surface area (Å²) in [4.78, 5) is 17.0. The molecule has 0 aliphatic carbocycles. The summed E-state index contributed by atoms with van der Waals surface area (Å²) >= 11 is 1.42. The number of amides is 1. The smallest absolute Gasteiger partial charge is 0.242 e. The molecular formula is C17H21N3O3S2. The van der Waals surface area contributed by atoms with E-state index >= 15 is 0 Å². The molecule has 2 aromatic rings. The third-order valence-electron chi connectivity index (χ3n) is 2.87. The summed E-state index contributed by atoms with van der Waals surface area (Å²) in [6.07, 6.45) is 1.23. The van der Waals surface area contributed by atoms with Crippen LogP contribution in [-0.4, -0.2) is 30.6 Å². The molecule has 6 nitrogen and oxygen atoms in total. The van der Waals surface area contributed by atoms with Crippen molar-refractivity contribution in [2.75, 3.05) is 11.1 Å². The third kappa shape index (κ3) is 6.49. The molecule has 1 heterocycles. The van der Waals surface area contributed by atoms with Gasteiger partial charge in [0.25, 0.3) is 0 Å². The summed E-state index contributed by atoms with van der Waals surface area (Å²) in [6.45, 7) is 5.28. The zero-order valence-electron chi connectivity index (χ0n) is 14.3. The Morgan fingerprint density at radius 3 is 2.36 bits per heavy atom. The molecule has 0 bridgehead atoms. The average molecular weight is 380 g/mol. The SMILES string of the molecule is CC(C)(C)NS(=O)(=O)c1ccc(NC(=O)CSc2ccccc2)nc1. The maximum Gasteiger partial charge on any atom is 0.242 e. The number of benzene rings is 1. The number of pyridine rings is 1. The highest BCUT2D eigenvalue weighted by Crippen LogP contribution is 2.18. The summed E-state index contributed by atoms with van der Waals surface area (Å²) in [5.74, 6) is 0.357. The van der Waals surface area contributed by atoms with Crippen LogP contribution in [0.2, 0.25) is 0 Å². The van der Waals surface area contributed by atoms with Gasteiger partial charge in [0, 0.05) is 16.6 Å². The highest BCUT2D eigenvalue weighted by atomic mass is 32.2. The average Bonchev–Trinajstić information content (AvgIpc) is 2.52. The highest BCUT2D eigenvalue weighted by molar-refractivity contribution is 8.00. The van der Waals surface area contributed by atoms with Gasteiger partial charge in [-0.25, -0.2) is 18.1 Å². The second kappa shape index (κ2) is 7.99. The summed E-state index contributed by atoms with van der Waals surface area (Å²) in [5, 5.41) is 2.65. The van der Waals surface area contributed by atoms with Gasteiger partial charge in [-0.1, -0.05) is 18.2 Å². The summed E-state index contributed by atoms with van der Waals surface area (Å²) in [7, 11) is -3.64. The number of carbonyl (C=O) groups excluding carboxylic acids is 1. The molecule has 25 heavy (non-hydrogen) atoms. The van der Waals surface area contributed by atoms with Crippen LogP contribution in [0.4, 0.5) is 5.82 Å². The molecule has 0 atom stereocenters. The van der Waals surface area contributed by atoms with E-state index in [0.29, 0.717) is 5.82 Å². The molecule has 0 fully saturated rings. The zero-order chi connectivity index (χ0) is 18.5. The van der Waals surface area contributed by atoms with Crippen molar-refractivity contribution in [3.63, 3.8) is 0 Å². The zero-order valence-corrected chi connectivity index (χ0v) is 15.9. The van der Waals surface area contributed by atoms with Crippen LogP contribution < -0.4 is 10.0 Å². The largest absolute Gasteiger partial charge is 0.310 e.